The molecule has 1 heterocycles. The number of aliphatic carboxylic acids is 1. The summed E-state index contributed by atoms with van der Waals surface area (Å²) in [6, 6.07) is 0.282. The highest BCUT2D eigenvalue weighted by atomic mass is 16.4. The Morgan fingerprint density at radius 3 is 2.43 bits per heavy atom. The lowest BCUT2D eigenvalue weighted by molar-refractivity contribution is -0.138. The molecule has 120 valence electrons. The first kappa shape index (κ1) is 16.1. The molecule has 1 aliphatic carbocycles. The molecular weight excluding hydrogens is 268 g/mol. The largest absolute Gasteiger partial charge is 0.481 e. The molecule has 0 aromatic heterocycles. The molecule has 5 nitrogen and oxygen atoms in total. The van der Waals surface area contributed by atoms with Crippen LogP contribution in [0.5, 0.6) is 0 Å². The predicted molar refractivity (Wildman–Crippen MR) is 81.0 cm³/mol. The van der Waals surface area contributed by atoms with Crippen molar-refractivity contribution in [3.05, 3.63) is 0 Å². The fourth-order valence-corrected chi connectivity index (χ4v) is 3.44. The Balaban J connectivity index is 1.81. The van der Waals surface area contributed by atoms with Crippen molar-refractivity contribution in [1.82, 2.24) is 10.2 Å². The monoisotopic (exact) mass is 296 g/mol. The number of nitrogens with zero attached hydrogens (tertiary/aromatic N) is 1. The second-order valence-corrected chi connectivity index (χ2v) is 6.85. The number of carbonyl (C=O) groups excluding carboxylic acids is 1. The zero-order valence-corrected chi connectivity index (χ0v) is 13.2. The molecule has 2 aliphatic rings. The first-order chi connectivity index (χ1) is 9.97. The van der Waals surface area contributed by atoms with Crippen molar-refractivity contribution in [3.63, 3.8) is 0 Å². The summed E-state index contributed by atoms with van der Waals surface area (Å²) >= 11 is 0. The normalized spacial score (nSPS) is 25.8. The Bertz CT molecular complexity index is 382. The van der Waals surface area contributed by atoms with Gasteiger partial charge in [-0.05, 0) is 50.4 Å². The van der Waals surface area contributed by atoms with Crippen LogP contribution in [0.15, 0.2) is 0 Å². The highest BCUT2D eigenvalue weighted by Gasteiger charge is 2.30. The van der Waals surface area contributed by atoms with Crippen LogP contribution in [0.1, 0.15) is 52.4 Å². The van der Waals surface area contributed by atoms with Gasteiger partial charge in [-0.2, -0.15) is 0 Å². The maximum absolute atomic E-state index is 12.3. The second kappa shape index (κ2) is 7.14. The molecule has 3 unspecified atom stereocenters. The van der Waals surface area contributed by atoms with Gasteiger partial charge >= 0.3 is 12.0 Å². The second-order valence-electron chi connectivity index (χ2n) is 6.85. The first-order valence-corrected chi connectivity index (χ1v) is 8.24. The minimum Gasteiger partial charge on any atom is -0.481 e. The SMILES string of the molecule is CC(CC(=O)O)C1CCCN(C(=O)NC(C)C2CCC2)C1. The molecule has 3 atom stereocenters. The zero-order chi connectivity index (χ0) is 15.4. The van der Waals surface area contributed by atoms with Crippen LogP contribution >= 0.6 is 0 Å². The van der Waals surface area contributed by atoms with Crippen LogP contribution in [0.2, 0.25) is 0 Å². The number of hydrogen-bond acceptors (Lipinski definition) is 2. The summed E-state index contributed by atoms with van der Waals surface area (Å²) in [5.74, 6) is 0.324. The molecule has 0 bridgehead atoms. The maximum atomic E-state index is 12.3. The molecule has 2 fully saturated rings. The highest BCUT2D eigenvalue weighted by molar-refractivity contribution is 5.74. The molecule has 1 aliphatic heterocycles. The van der Waals surface area contributed by atoms with Crippen LogP contribution in [-0.2, 0) is 4.79 Å². The number of likely N-dealkylation sites (tertiary alicyclic amines) is 1. The van der Waals surface area contributed by atoms with Gasteiger partial charge in [-0.1, -0.05) is 13.3 Å². The van der Waals surface area contributed by atoms with E-state index in [-0.39, 0.29) is 24.4 Å². The van der Waals surface area contributed by atoms with E-state index in [4.69, 9.17) is 5.11 Å². The summed E-state index contributed by atoms with van der Waals surface area (Å²) in [6.07, 6.45) is 5.91. The number of amides is 2. The van der Waals surface area contributed by atoms with E-state index < -0.39 is 5.97 Å². The molecule has 5 heteroatoms. The zero-order valence-electron chi connectivity index (χ0n) is 13.2. The van der Waals surface area contributed by atoms with Crippen LogP contribution in [0.3, 0.4) is 0 Å². The summed E-state index contributed by atoms with van der Waals surface area (Å²) in [5, 5.41) is 12.0. The minimum absolute atomic E-state index is 0.0293. The third kappa shape index (κ3) is 4.35. The quantitative estimate of drug-likeness (QED) is 0.819. The van der Waals surface area contributed by atoms with E-state index in [1.165, 1.54) is 19.3 Å². The number of carbonyl (C=O) groups is 2. The van der Waals surface area contributed by atoms with Gasteiger partial charge in [0, 0.05) is 25.6 Å². The summed E-state index contributed by atoms with van der Waals surface area (Å²) in [4.78, 5) is 25.1. The summed E-state index contributed by atoms with van der Waals surface area (Å²) < 4.78 is 0. The molecule has 0 aromatic carbocycles. The number of urea groups is 1. The van der Waals surface area contributed by atoms with Gasteiger partial charge in [0.05, 0.1) is 0 Å². The van der Waals surface area contributed by atoms with E-state index in [1.54, 1.807) is 0 Å². The van der Waals surface area contributed by atoms with Crippen molar-refractivity contribution in [2.24, 2.45) is 17.8 Å². The number of piperidine rings is 1. The standard InChI is InChI=1S/C16H28N2O3/c1-11(9-15(19)20)14-7-4-8-18(10-14)16(21)17-12(2)13-5-3-6-13/h11-14H,3-10H2,1-2H3,(H,17,21)(H,19,20). The van der Waals surface area contributed by atoms with Gasteiger partial charge in [-0.25, -0.2) is 4.79 Å². The molecule has 1 saturated carbocycles. The lowest BCUT2D eigenvalue weighted by atomic mass is 9.80. The Labute approximate surface area is 127 Å². The van der Waals surface area contributed by atoms with Crippen LogP contribution in [-0.4, -0.2) is 41.1 Å². The summed E-state index contributed by atoms with van der Waals surface area (Å²) in [5.41, 5.74) is 0. The average molecular weight is 296 g/mol. The molecule has 0 aromatic rings. The van der Waals surface area contributed by atoms with Crippen molar-refractivity contribution < 1.29 is 14.7 Å². The van der Waals surface area contributed by atoms with Crippen molar-refractivity contribution in [2.45, 2.75) is 58.4 Å². The topological polar surface area (TPSA) is 69.6 Å². The van der Waals surface area contributed by atoms with E-state index >= 15 is 0 Å². The Hall–Kier alpha value is -1.26. The molecule has 2 rings (SSSR count). The number of carboxylic acid groups (broad SMARTS) is 1. The molecule has 2 N–H and O–H groups in total. The predicted octanol–water partition coefficient (Wildman–Crippen LogP) is 2.71. The van der Waals surface area contributed by atoms with Crippen LogP contribution in [0.25, 0.3) is 0 Å². The Morgan fingerprint density at radius 1 is 1.19 bits per heavy atom. The maximum Gasteiger partial charge on any atom is 0.317 e. The van der Waals surface area contributed by atoms with Crippen molar-refractivity contribution >= 4 is 12.0 Å². The Morgan fingerprint density at radius 2 is 1.86 bits per heavy atom. The smallest absolute Gasteiger partial charge is 0.317 e. The molecule has 0 radical (unpaired) electrons. The van der Waals surface area contributed by atoms with Crippen molar-refractivity contribution in [1.29, 1.82) is 0 Å². The lowest BCUT2D eigenvalue weighted by Crippen LogP contribution is -2.51. The average Bonchev–Trinajstić information content (AvgIpc) is 2.35. The summed E-state index contributed by atoms with van der Waals surface area (Å²) in [7, 11) is 0. The third-order valence-corrected chi connectivity index (χ3v) is 5.25. The Kier molecular flexibility index (Phi) is 5.48. The fraction of sp³-hybridized carbons (Fsp3) is 0.875. The van der Waals surface area contributed by atoms with Crippen LogP contribution < -0.4 is 5.32 Å². The highest BCUT2D eigenvalue weighted by Crippen LogP contribution is 2.30. The van der Waals surface area contributed by atoms with E-state index in [0.717, 1.165) is 19.4 Å². The third-order valence-electron chi connectivity index (χ3n) is 5.25. The summed E-state index contributed by atoms with van der Waals surface area (Å²) in [6.45, 7) is 5.56. The van der Waals surface area contributed by atoms with Crippen LogP contribution in [0.4, 0.5) is 4.79 Å². The van der Waals surface area contributed by atoms with E-state index in [2.05, 4.69) is 12.2 Å². The van der Waals surface area contributed by atoms with Gasteiger partial charge in [0.25, 0.3) is 0 Å². The van der Waals surface area contributed by atoms with Gasteiger partial charge in [0.15, 0.2) is 0 Å². The van der Waals surface area contributed by atoms with Crippen molar-refractivity contribution in [2.75, 3.05) is 13.1 Å². The number of hydrogen-bond donors (Lipinski definition) is 2. The van der Waals surface area contributed by atoms with E-state index in [9.17, 15) is 9.59 Å². The minimum atomic E-state index is -0.748. The first-order valence-electron chi connectivity index (χ1n) is 8.24. The number of carboxylic acids is 1. The van der Waals surface area contributed by atoms with Gasteiger partial charge in [-0.15, -0.1) is 0 Å². The van der Waals surface area contributed by atoms with E-state index in [1.807, 2.05) is 11.8 Å². The molecule has 21 heavy (non-hydrogen) atoms. The number of nitrogens with one attached hydrogen (secondary N) is 1. The van der Waals surface area contributed by atoms with Gasteiger partial charge in [-0.3, -0.25) is 4.79 Å². The molecular formula is C16H28N2O3. The van der Waals surface area contributed by atoms with Gasteiger partial charge in [0.2, 0.25) is 0 Å². The number of rotatable bonds is 5. The lowest BCUT2D eigenvalue weighted by Gasteiger charge is -2.38. The van der Waals surface area contributed by atoms with E-state index in [0.29, 0.717) is 18.4 Å². The van der Waals surface area contributed by atoms with Gasteiger partial charge < -0.3 is 15.3 Å². The van der Waals surface area contributed by atoms with Crippen molar-refractivity contribution in [3.8, 4) is 0 Å². The van der Waals surface area contributed by atoms with Crippen LogP contribution in [0, 0.1) is 17.8 Å². The van der Waals surface area contributed by atoms with Gasteiger partial charge in [0.1, 0.15) is 0 Å². The molecule has 2 amide bonds. The molecule has 1 saturated heterocycles. The molecule has 0 spiro atoms. The fourth-order valence-electron chi connectivity index (χ4n) is 3.44.